The molecule has 0 saturated carbocycles. The van der Waals surface area contributed by atoms with Crippen molar-refractivity contribution < 1.29 is 14.8 Å². The molecule has 1 aliphatic heterocycles. The van der Waals surface area contributed by atoms with Crippen molar-refractivity contribution >= 4 is 16.7 Å². The Morgan fingerprint density at radius 2 is 2.12 bits per heavy atom. The average molecular weight is 339 g/mol. The van der Waals surface area contributed by atoms with Crippen LogP contribution in [0.25, 0.3) is 22.2 Å². The second-order valence-electron chi connectivity index (χ2n) is 6.60. The molecule has 1 aromatic heterocycles. The van der Waals surface area contributed by atoms with E-state index in [4.69, 9.17) is 4.63 Å². The van der Waals surface area contributed by atoms with Gasteiger partial charge in [0.1, 0.15) is 5.52 Å². The smallest absolute Gasteiger partial charge is 0.158 e. The normalized spacial score (nSPS) is 18.8. The number of hydrogen-bond acceptors (Lipinski definition) is 6. The van der Waals surface area contributed by atoms with Crippen LogP contribution >= 0.6 is 0 Å². The van der Waals surface area contributed by atoms with Crippen LogP contribution in [0, 0.1) is 0 Å². The van der Waals surface area contributed by atoms with Crippen molar-refractivity contribution in [3.63, 3.8) is 0 Å². The van der Waals surface area contributed by atoms with E-state index in [0.29, 0.717) is 5.52 Å². The van der Waals surface area contributed by atoms with Gasteiger partial charge in [0, 0.05) is 6.54 Å². The molecule has 2 aromatic carbocycles. The summed E-state index contributed by atoms with van der Waals surface area (Å²) in [5.41, 5.74) is 5.21. The summed E-state index contributed by atoms with van der Waals surface area (Å²) < 4.78 is 4.96. The van der Waals surface area contributed by atoms with Crippen molar-refractivity contribution in [2.75, 3.05) is 18.1 Å². The number of fused-ring (bicyclic) bond motifs is 1. The number of aromatic nitrogens is 2. The van der Waals surface area contributed by atoms with Gasteiger partial charge < -0.3 is 15.1 Å². The van der Waals surface area contributed by atoms with Crippen molar-refractivity contribution in [1.82, 2.24) is 10.3 Å². The Balaban J connectivity index is 1.85. The Bertz CT molecular complexity index is 891. The van der Waals surface area contributed by atoms with Gasteiger partial charge in [-0.05, 0) is 65.0 Å². The largest absolute Gasteiger partial charge is 0.394 e. The molecule has 2 heterocycles. The molecule has 1 unspecified atom stereocenters. The zero-order valence-electron chi connectivity index (χ0n) is 14.1. The van der Waals surface area contributed by atoms with Gasteiger partial charge in [0.25, 0.3) is 0 Å². The minimum absolute atomic E-state index is 0.0962. The number of benzene rings is 2. The maximum atomic E-state index is 9.85. The molecule has 0 aliphatic carbocycles. The summed E-state index contributed by atoms with van der Waals surface area (Å²) in [6.45, 7) is 2.75. The fraction of sp³-hybridized carbons (Fsp3) is 0.368. The summed E-state index contributed by atoms with van der Waals surface area (Å²) in [5.74, 6) is 0. The highest BCUT2D eigenvalue weighted by molar-refractivity contribution is 5.93. The minimum atomic E-state index is -0.519. The second kappa shape index (κ2) is 6.46. The topological polar surface area (TPSA) is 82.6 Å². The Morgan fingerprint density at radius 3 is 2.92 bits per heavy atom. The zero-order valence-corrected chi connectivity index (χ0v) is 14.1. The predicted molar refractivity (Wildman–Crippen MR) is 95.3 cm³/mol. The third-order valence-corrected chi connectivity index (χ3v) is 4.94. The van der Waals surface area contributed by atoms with Gasteiger partial charge in [-0.25, -0.2) is 4.63 Å². The fourth-order valence-electron chi connectivity index (χ4n) is 3.58. The Kier molecular flexibility index (Phi) is 4.15. The van der Waals surface area contributed by atoms with E-state index in [9.17, 15) is 10.2 Å². The number of aliphatic hydroxyl groups excluding tert-OH is 2. The molecule has 6 heteroatoms. The Hall–Kier alpha value is -2.44. The molecule has 0 amide bonds. The first kappa shape index (κ1) is 16.1. The highest BCUT2D eigenvalue weighted by Crippen LogP contribution is 2.35. The number of anilines is 1. The first-order chi connectivity index (χ1) is 12.2. The molecule has 0 radical (unpaired) electrons. The van der Waals surface area contributed by atoms with Crippen LogP contribution in [-0.4, -0.2) is 39.7 Å². The van der Waals surface area contributed by atoms with Gasteiger partial charge in [-0.15, -0.1) is 0 Å². The first-order valence-electron chi connectivity index (χ1n) is 8.59. The van der Waals surface area contributed by atoms with Crippen molar-refractivity contribution in [3.05, 3.63) is 42.0 Å². The lowest BCUT2D eigenvalue weighted by Crippen LogP contribution is -2.32. The quantitative estimate of drug-likeness (QED) is 0.760. The van der Waals surface area contributed by atoms with Crippen molar-refractivity contribution in [2.24, 2.45) is 0 Å². The van der Waals surface area contributed by atoms with E-state index in [1.807, 2.05) is 30.3 Å². The molecule has 2 N–H and O–H groups in total. The van der Waals surface area contributed by atoms with Gasteiger partial charge in [-0.2, -0.15) is 0 Å². The van der Waals surface area contributed by atoms with Crippen LogP contribution in [0.5, 0.6) is 0 Å². The minimum Gasteiger partial charge on any atom is -0.394 e. The summed E-state index contributed by atoms with van der Waals surface area (Å²) in [5, 5.41) is 27.6. The van der Waals surface area contributed by atoms with Crippen molar-refractivity contribution in [3.8, 4) is 11.1 Å². The number of nitrogens with zero attached hydrogens (tertiary/aromatic N) is 3. The molecule has 1 fully saturated rings. The number of hydrogen-bond donors (Lipinski definition) is 2. The van der Waals surface area contributed by atoms with Crippen LogP contribution < -0.4 is 4.90 Å². The first-order valence-corrected chi connectivity index (χ1v) is 8.59. The summed E-state index contributed by atoms with van der Waals surface area (Å²) in [6.07, 6.45) is 1.49. The van der Waals surface area contributed by atoms with Gasteiger partial charge in [0.2, 0.25) is 0 Å². The second-order valence-corrected chi connectivity index (χ2v) is 6.60. The van der Waals surface area contributed by atoms with Gasteiger partial charge in [-0.3, -0.25) is 0 Å². The summed E-state index contributed by atoms with van der Waals surface area (Å²) >= 11 is 0. The molecular formula is C19H21N3O3. The molecule has 1 saturated heterocycles. The van der Waals surface area contributed by atoms with E-state index in [-0.39, 0.29) is 12.6 Å². The van der Waals surface area contributed by atoms with Gasteiger partial charge >= 0.3 is 0 Å². The van der Waals surface area contributed by atoms with E-state index in [0.717, 1.165) is 47.3 Å². The van der Waals surface area contributed by atoms with Crippen LogP contribution in [0.3, 0.4) is 0 Å². The molecule has 130 valence electrons. The van der Waals surface area contributed by atoms with Crippen LogP contribution in [-0.2, 0) is 0 Å². The molecule has 3 aromatic rings. The maximum absolute atomic E-state index is 9.85. The summed E-state index contributed by atoms with van der Waals surface area (Å²) in [4.78, 5) is 2.19. The van der Waals surface area contributed by atoms with E-state index in [2.05, 4.69) is 21.3 Å². The number of aliphatic hydroxyl groups is 2. The van der Waals surface area contributed by atoms with Crippen LogP contribution in [0.1, 0.15) is 31.4 Å². The van der Waals surface area contributed by atoms with E-state index < -0.39 is 6.10 Å². The molecule has 25 heavy (non-hydrogen) atoms. The highest BCUT2D eigenvalue weighted by atomic mass is 16.6. The lowest BCUT2D eigenvalue weighted by atomic mass is 9.99. The molecule has 6 nitrogen and oxygen atoms in total. The van der Waals surface area contributed by atoms with E-state index in [1.54, 1.807) is 6.92 Å². The number of rotatable bonds is 4. The van der Waals surface area contributed by atoms with E-state index in [1.165, 1.54) is 0 Å². The predicted octanol–water partition coefficient (Wildman–Crippen LogP) is 2.90. The molecule has 2 atom stereocenters. The fourth-order valence-corrected chi connectivity index (χ4v) is 3.58. The molecular weight excluding hydrogens is 318 g/mol. The Labute approximate surface area is 145 Å². The third-order valence-electron chi connectivity index (χ3n) is 4.94. The van der Waals surface area contributed by atoms with Gasteiger partial charge in [0.15, 0.2) is 5.52 Å². The van der Waals surface area contributed by atoms with Gasteiger partial charge in [0.05, 0.1) is 24.4 Å². The molecule has 0 spiro atoms. The lowest BCUT2D eigenvalue weighted by Gasteiger charge is -2.25. The third kappa shape index (κ3) is 2.88. The van der Waals surface area contributed by atoms with Crippen LogP contribution in [0.2, 0.25) is 0 Å². The SMILES string of the molecule is CC(O)c1cccc(-c2cc(N3CCC[C@H]3CO)c3nonc3c2)c1. The molecule has 1 aliphatic rings. The molecule has 4 rings (SSSR count). The maximum Gasteiger partial charge on any atom is 0.158 e. The van der Waals surface area contributed by atoms with Crippen molar-refractivity contribution in [1.29, 1.82) is 0 Å². The standard InChI is InChI=1S/C19H21N3O3/c1-12(24)13-4-2-5-14(8-13)15-9-17-19(21-25-20-17)18(10-15)22-7-3-6-16(22)11-23/h2,4-5,8-10,12,16,23-24H,3,6-7,11H2,1H3/t12?,16-/m0/s1. The average Bonchev–Trinajstić information content (AvgIpc) is 3.29. The monoisotopic (exact) mass is 339 g/mol. The zero-order chi connectivity index (χ0) is 17.4. The molecule has 0 bridgehead atoms. The van der Waals surface area contributed by atoms with Crippen LogP contribution in [0.4, 0.5) is 5.69 Å². The van der Waals surface area contributed by atoms with Gasteiger partial charge in [-0.1, -0.05) is 18.2 Å². The van der Waals surface area contributed by atoms with E-state index >= 15 is 0 Å². The van der Waals surface area contributed by atoms with Crippen molar-refractivity contribution in [2.45, 2.75) is 31.9 Å². The summed E-state index contributed by atoms with van der Waals surface area (Å²) in [7, 11) is 0. The summed E-state index contributed by atoms with van der Waals surface area (Å²) in [6, 6.07) is 12.0. The van der Waals surface area contributed by atoms with Crippen LogP contribution in [0.15, 0.2) is 41.0 Å². The highest BCUT2D eigenvalue weighted by Gasteiger charge is 2.27. The Morgan fingerprint density at radius 1 is 1.24 bits per heavy atom. The lowest BCUT2D eigenvalue weighted by molar-refractivity contribution is 0.199.